The van der Waals surface area contributed by atoms with E-state index in [2.05, 4.69) is 4.98 Å². The first-order chi connectivity index (χ1) is 6.69. The Bertz CT molecular complexity index is 330. The number of hydrogen-bond donors (Lipinski definition) is 1. The minimum Gasteiger partial charge on any atom is -0.341 e. The predicted molar refractivity (Wildman–Crippen MR) is 62.0 cm³/mol. The Morgan fingerprint density at radius 2 is 2.20 bits per heavy atom. The van der Waals surface area contributed by atoms with Crippen molar-refractivity contribution in [3.05, 3.63) is 29.6 Å². The average Bonchev–Trinajstić information content (AvgIpc) is 2.27. The minimum absolute atomic E-state index is 0. The number of carbonyl (C=O) groups is 1. The average molecular weight is 230 g/mol. The summed E-state index contributed by atoms with van der Waals surface area (Å²) in [6, 6.07) is 5.31. The molecule has 0 spiro atoms. The van der Waals surface area contributed by atoms with Crippen molar-refractivity contribution in [3.63, 3.8) is 0 Å². The molecule has 1 aromatic rings. The molecule has 0 aliphatic rings. The van der Waals surface area contributed by atoms with Crippen LogP contribution in [-0.4, -0.2) is 29.4 Å². The van der Waals surface area contributed by atoms with Gasteiger partial charge in [-0.2, -0.15) is 0 Å². The van der Waals surface area contributed by atoms with Crippen molar-refractivity contribution in [3.8, 4) is 0 Å². The van der Waals surface area contributed by atoms with Crippen LogP contribution in [0, 0.1) is 0 Å². The number of hydrogen-bond acceptors (Lipinski definition) is 3. The molecule has 4 nitrogen and oxygen atoms in total. The monoisotopic (exact) mass is 229 g/mol. The number of amides is 1. The van der Waals surface area contributed by atoms with E-state index in [4.69, 9.17) is 5.73 Å². The van der Waals surface area contributed by atoms with Gasteiger partial charge in [-0.05, 0) is 19.1 Å². The molecule has 0 saturated carbocycles. The van der Waals surface area contributed by atoms with Crippen molar-refractivity contribution >= 4 is 18.3 Å². The molecule has 0 aliphatic carbocycles. The van der Waals surface area contributed by atoms with Crippen LogP contribution in [-0.2, 0) is 6.54 Å². The largest absolute Gasteiger partial charge is 0.341 e. The number of nitrogens with two attached hydrogens (primary N) is 1. The molecule has 2 N–H and O–H groups in total. The van der Waals surface area contributed by atoms with Crippen molar-refractivity contribution < 1.29 is 4.79 Å². The van der Waals surface area contributed by atoms with Crippen molar-refractivity contribution in [1.82, 2.24) is 9.88 Å². The van der Waals surface area contributed by atoms with Crippen LogP contribution in [0.5, 0.6) is 0 Å². The molecule has 1 aromatic heterocycles. The van der Waals surface area contributed by atoms with Crippen molar-refractivity contribution in [2.45, 2.75) is 13.5 Å². The van der Waals surface area contributed by atoms with E-state index in [1.165, 1.54) is 0 Å². The maximum atomic E-state index is 11.7. The third kappa shape index (κ3) is 3.49. The van der Waals surface area contributed by atoms with Crippen molar-refractivity contribution in [1.29, 1.82) is 0 Å². The second kappa shape index (κ2) is 6.37. The van der Waals surface area contributed by atoms with E-state index in [1.54, 1.807) is 24.1 Å². The molecule has 0 bridgehead atoms. The first kappa shape index (κ1) is 13.9. The Morgan fingerprint density at radius 3 is 2.73 bits per heavy atom. The predicted octanol–water partition coefficient (Wildman–Crippen LogP) is 1.05. The van der Waals surface area contributed by atoms with Crippen LogP contribution in [0.3, 0.4) is 0 Å². The van der Waals surface area contributed by atoms with E-state index in [-0.39, 0.29) is 18.3 Å². The highest BCUT2D eigenvalue weighted by Crippen LogP contribution is 2.02. The summed E-state index contributed by atoms with van der Waals surface area (Å²) in [5, 5.41) is 0. The molecule has 1 heterocycles. The van der Waals surface area contributed by atoms with Crippen LogP contribution in [0.1, 0.15) is 23.1 Å². The number of rotatable bonds is 3. The van der Waals surface area contributed by atoms with Crippen LogP contribution in [0.15, 0.2) is 18.2 Å². The summed E-state index contributed by atoms with van der Waals surface area (Å²) in [5.41, 5.74) is 6.63. The first-order valence-electron chi connectivity index (χ1n) is 4.60. The Balaban J connectivity index is 0.00000196. The highest BCUT2D eigenvalue weighted by Gasteiger charge is 2.10. The molecular formula is C10H16ClN3O. The van der Waals surface area contributed by atoms with Gasteiger partial charge in [-0.15, -0.1) is 12.4 Å². The molecule has 5 heteroatoms. The van der Waals surface area contributed by atoms with Gasteiger partial charge >= 0.3 is 0 Å². The van der Waals surface area contributed by atoms with Gasteiger partial charge in [0.1, 0.15) is 5.69 Å². The summed E-state index contributed by atoms with van der Waals surface area (Å²) < 4.78 is 0. The topological polar surface area (TPSA) is 59.2 Å². The van der Waals surface area contributed by atoms with Gasteiger partial charge in [-0.25, -0.2) is 4.98 Å². The third-order valence-electron chi connectivity index (χ3n) is 2.06. The molecule has 0 aromatic carbocycles. The van der Waals surface area contributed by atoms with Gasteiger partial charge in [0, 0.05) is 20.1 Å². The highest BCUT2D eigenvalue weighted by atomic mass is 35.5. The second-order valence-electron chi connectivity index (χ2n) is 3.04. The highest BCUT2D eigenvalue weighted by molar-refractivity contribution is 5.92. The maximum absolute atomic E-state index is 11.7. The van der Waals surface area contributed by atoms with Gasteiger partial charge in [0.15, 0.2) is 0 Å². The molecule has 0 atom stereocenters. The fraction of sp³-hybridized carbons (Fsp3) is 0.400. The zero-order valence-corrected chi connectivity index (χ0v) is 9.75. The standard InChI is InChI=1S/C10H15N3O.ClH/c1-3-13(2)10(14)9-6-4-5-8(7-11)12-9;/h4-6H,3,7,11H2,1-2H3;1H. The zero-order valence-electron chi connectivity index (χ0n) is 8.93. The second-order valence-corrected chi connectivity index (χ2v) is 3.04. The lowest BCUT2D eigenvalue weighted by Gasteiger charge is -2.13. The molecule has 0 fully saturated rings. The summed E-state index contributed by atoms with van der Waals surface area (Å²) in [6.07, 6.45) is 0. The van der Waals surface area contributed by atoms with E-state index in [0.717, 1.165) is 5.69 Å². The van der Waals surface area contributed by atoms with Crippen molar-refractivity contribution in [2.75, 3.05) is 13.6 Å². The van der Waals surface area contributed by atoms with Gasteiger partial charge < -0.3 is 10.6 Å². The van der Waals surface area contributed by atoms with Gasteiger partial charge in [0.2, 0.25) is 0 Å². The molecule has 0 saturated heterocycles. The van der Waals surface area contributed by atoms with Crippen LogP contribution >= 0.6 is 12.4 Å². The summed E-state index contributed by atoms with van der Waals surface area (Å²) in [4.78, 5) is 17.4. The lowest BCUT2D eigenvalue weighted by molar-refractivity contribution is 0.0796. The lowest BCUT2D eigenvalue weighted by Crippen LogP contribution is -2.27. The number of carbonyl (C=O) groups excluding carboxylic acids is 1. The zero-order chi connectivity index (χ0) is 10.6. The third-order valence-corrected chi connectivity index (χ3v) is 2.06. The fourth-order valence-electron chi connectivity index (χ4n) is 1.05. The Labute approximate surface area is 95.9 Å². The molecular weight excluding hydrogens is 214 g/mol. The number of halogens is 1. The van der Waals surface area contributed by atoms with E-state index in [0.29, 0.717) is 18.8 Å². The quantitative estimate of drug-likeness (QED) is 0.843. The van der Waals surface area contributed by atoms with Gasteiger partial charge in [0.05, 0.1) is 5.69 Å². The first-order valence-corrected chi connectivity index (χ1v) is 4.60. The molecule has 84 valence electrons. The Hall–Kier alpha value is -1.13. The summed E-state index contributed by atoms with van der Waals surface area (Å²) in [7, 11) is 1.75. The van der Waals surface area contributed by atoms with E-state index in [1.807, 2.05) is 13.0 Å². The SMILES string of the molecule is CCN(C)C(=O)c1cccc(CN)n1.Cl. The summed E-state index contributed by atoms with van der Waals surface area (Å²) >= 11 is 0. The van der Waals surface area contributed by atoms with Crippen LogP contribution < -0.4 is 5.73 Å². The van der Waals surface area contributed by atoms with E-state index >= 15 is 0 Å². The molecule has 1 amide bonds. The Morgan fingerprint density at radius 1 is 1.53 bits per heavy atom. The summed E-state index contributed by atoms with van der Waals surface area (Å²) in [6.45, 7) is 2.95. The van der Waals surface area contributed by atoms with E-state index in [9.17, 15) is 4.79 Å². The summed E-state index contributed by atoms with van der Waals surface area (Å²) in [5.74, 6) is -0.0669. The minimum atomic E-state index is -0.0669. The van der Waals surface area contributed by atoms with Gasteiger partial charge in [-0.1, -0.05) is 6.07 Å². The van der Waals surface area contributed by atoms with Gasteiger partial charge in [0.25, 0.3) is 5.91 Å². The van der Waals surface area contributed by atoms with Crippen LogP contribution in [0.4, 0.5) is 0 Å². The van der Waals surface area contributed by atoms with Gasteiger partial charge in [-0.3, -0.25) is 4.79 Å². The lowest BCUT2D eigenvalue weighted by atomic mass is 10.3. The molecule has 1 rings (SSSR count). The smallest absolute Gasteiger partial charge is 0.272 e. The fourth-order valence-corrected chi connectivity index (χ4v) is 1.05. The molecule has 0 radical (unpaired) electrons. The number of nitrogens with zero attached hydrogens (tertiary/aromatic N) is 2. The van der Waals surface area contributed by atoms with Crippen molar-refractivity contribution in [2.24, 2.45) is 5.73 Å². The molecule has 0 unspecified atom stereocenters. The van der Waals surface area contributed by atoms with Crippen LogP contribution in [0.2, 0.25) is 0 Å². The molecule has 0 aliphatic heterocycles. The maximum Gasteiger partial charge on any atom is 0.272 e. The number of pyridine rings is 1. The van der Waals surface area contributed by atoms with Crippen LogP contribution in [0.25, 0.3) is 0 Å². The Kier molecular flexibility index (Phi) is 5.89. The van der Waals surface area contributed by atoms with E-state index < -0.39 is 0 Å². The molecule has 15 heavy (non-hydrogen) atoms. The normalized spacial score (nSPS) is 9.27. The number of aromatic nitrogens is 1.